The van der Waals surface area contributed by atoms with Gasteiger partial charge in [-0.25, -0.2) is 0 Å². The molecule has 0 unspecified atom stereocenters. The summed E-state index contributed by atoms with van der Waals surface area (Å²) in [6.07, 6.45) is 2.09. The molecule has 1 atom stereocenters. The quantitative estimate of drug-likeness (QED) is 0.753. The number of fused-ring (bicyclic) bond motifs is 2. The summed E-state index contributed by atoms with van der Waals surface area (Å²) in [6.45, 7) is 2.04. The smallest absolute Gasteiger partial charge is 0.0991 e. The number of nitriles is 1. The topological polar surface area (TPSA) is 64.5 Å². The van der Waals surface area contributed by atoms with Crippen LogP contribution in [0.25, 0.3) is 10.9 Å². The van der Waals surface area contributed by atoms with E-state index in [4.69, 9.17) is 5.26 Å². The molecule has 0 saturated carbocycles. The van der Waals surface area contributed by atoms with Gasteiger partial charge in [0, 0.05) is 16.8 Å². The lowest BCUT2D eigenvalue weighted by atomic mass is 10.0. The third-order valence-corrected chi connectivity index (χ3v) is 4.44. The van der Waals surface area contributed by atoms with Gasteiger partial charge in [0.2, 0.25) is 0 Å². The van der Waals surface area contributed by atoms with Crippen molar-refractivity contribution < 1.29 is 0 Å². The molecule has 4 rings (SSSR count). The Morgan fingerprint density at radius 3 is 3.05 bits per heavy atom. The van der Waals surface area contributed by atoms with Gasteiger partial charge >= 0.3 is 0 Å². The molecule has 4 nitrogen and oxygen atoms in total. The van der Waals surface area contributed by atoms with Crippen molar-refractivity contribution in [3.05, 3.63) is 58.8 Å². The lowest BCUT2D eigenvalue weighted by Crippen LogP contribution is -2.06. The molecule has 1 aliphatic rings. The fraction of sp³-hybridized carbons (Fsp3) is 0.222. The average Bonchev–Trinajstić information content (AvgIpc) is 3.11. The second-order valence-electron chi connectivity index (χ2n) is 5.84. The summed E-state index contributed by atoms with van der Waals surface area (Å²) in [5.74, 6) is 0. The third-order valence-electron chi connectivity index (χ3n) is 4.44. The van der Waals surface area contributed by atoms with Crippen molar-refractivity contribution in [2.75, 3.05) is 5.32 Å². The van der Waals surface area contributed by atoms with E-state index in [1.165, 1.54) is 11.1 Å². The number of benzene rings is 2. The standard InChI is InChI=1S/C18H16N4/c1-11-16-9-14(4-7-18(16)22-21-11)20-17-6-3-13-8-12(10-19)2-5-15(13)17/h2,4-5,7-9,17,20H,3,6H2,1H3,(H,21,22)/t17-/m0/s1. The Morgan fingerprint density at radius 2 is 2.18 bits per heavy atom. The van der Waals surface area contributed by atoms with Crippen LogP contribution in [0.5, 0.6) is 0 Å². The van der Waals surface area contributed by atoms with E-state index in [1.54, 1.807) is 0 Å². The molecular weight excluding hydrogens is 272 g/mol. The number of hydrogen-bond donors (Lipinski definition) is 2. The van der Waals surface area contributed by atoms with E-state index in [-0.39, 0.29) is 0 Å². The number of aryl methyl sites for hydroxylation is 2. The zero-order valence-corrected chi connectivity index (χ0v) is 12.4. The van der Waals surface area contributed by atoms with Crippen LogP contribution in [0.3, 0.4) is 0 Å². The van der Waals surface area contributed by atoms with Crippen LogP contribution in [0.15, 0.2) is 36.4 Å². The highest BCUT2D eigenvalue weighted by Gasteiger charge is 2.22. The Bertz CT molecular complexity index is 901. The Labute approximate surface area is 128 Å². The lowest BCUT2D eigenvalue weighted by molar-refractivity contribution is 0.762. The second-order valence-corrected chi connectivity index (χ2v) is 5.84. The van der Waals surface area contributed by atoms with E-state index in [1.807, 2.05) is 25.1 Å². The summed E-state index contributed by atoms with van der Waals surface area (Å²) < 4.78 is 0. The number of nitrogens with zero attached hydrogens (tertiary/aromatic N) is 2. The van der Waals surface area contributed by atoms with Crippen molar-refractivity contribution in [1.82, 2.24) is 10.2 Å². The molecule has 3 aromatic rings. The largest absolute Gasteiger partial charge is 0.378 e. The van der Waals surface area contributed by atoms with E-state index >= 15 is 0 Å². The maximum Gasteiger partial charge on any atom is 0.0991 e. The van der Waals surface area contributed by atoms with Crippen molar-refractivity contribution in [3.8, 4) is 6.07 Å². The van der Waals surface area contributed by atoms with Crippen LogP contribution in [0.1, 0.15) is 34.8 Å². The normalized spacial score (nSPS) is 16.5. The van der Waals surface area contributed by atoms with Crippen LogP contribution in [0, 0.1) is 18.3 Å². The molecule has 1 aromatic heterocycles. The molecule has 0 amide bonds. The first-order chi connectivity index (χ1) is 10.7. The highest BCUT2D eigenvalue weighted by Crippen LogP contribution is 2.35. The Balaban J connectivity index is 1.64. The van der Waals surface area contributed by atoms with Gasteiger partial charge in [0.05, 0.1) is 23.2 Å². The molecule has 0 spiro atoms. The van der Waals surface area contributed by atoms with E-state index in [2.05, 4.69) is 39.8 Å². The van der Waals surface area contributed by atoms with Crippen LogP contribution in [-0.2, 0) is 6.42 Å². The molecule has 0 fully saturated rings. The third kappa shape index (κ3) is 2.03. The molecule has 0 bridgehead atoms. The zero-order chi connectivity index (χ0) is 15.1. The molecule has 0 saturated heterocycles. The first kappa shape index (κ1) is 12.9. The van der Waals surface area contributed by atoms with Crippen LogP contribution in [0.4, 0.5) is 5.69 Å². The maximum atomic E-state index is 9.00. The first-order valence-electron chi connectivity index (χ1n) is 7.49. The molecular formula is C18H16N4. The van der Waals surface area contributed by atoms with Crippen molar-refractivity contribution in [2.45, 2.75) is 25.8 Å². The molecule has 0 aliphatic heterocycles. The first-order valence-corrected chi connectivity index (χ1v) is 7.49. The van der Waals surface area contributed by atoms with Crippen molar-refractivity contribution in [3.63, 3.8) is 0 Å². The molecule has 2 aromatic carbocycles. The summed E-state index contributed by atoms with van der Waals surface area (Å²) >= 11 is 0. The molecule has 22 heavy (non-hydrogen) atoms. The van der Waals surface area contributed by atoms with Crippen LogP contribution in [-0.4, -0.2) is 10.2 Å². The summed E-state index contributed by atoms with van der Waals surface area (Å²) in [5, 5.41) is 21.1. The maximum absolute atomic E-state index is 9.00. The summed E-state index contributed by atoms with van der Waals surface area (Å²) in [5.41, 5.74) is 6.53. The zero-order valence-electron chi connectivity index (χ0n) is 12.4. The number of anilines is 1. The number of H-pyrrole nitrogens is 1. The second kappa shape index (κ2) is 4.88. The highest BCUT2D eigenvalue weighted by atomic mass is 15.1. The summed E-state index contributed by atoms with van der Waals surface area (Å²) in [6, 6.07) is 14.8. The minimum Gasteiger partial charge on any atom is -0.378 e. The molecule has 4 heteroatoms. The SMILES string of the molecule is Cc1[nH]nc2ccc(N[C@H]3CCc4cc(C#N)ccc43)cc12. The number of nitrogens with one attached hydrogen (secondary N) is 2. The summed E-state index contributed by atoms with van der Waals surface area (Å²) in [7, 11) is 0. The fourth-order valence-electron chi connectivity index (χ4n) is 3.27. The van der Waals surface area contributed by atoms with E-state index in [0.29, 0.717) is 6.04 Å². The van der Waals surface area contributed by atoms with Gasteiger partial charge in [-0.15, -0.1) is 0 Å². The molecule has 108 valence electrons. The molecule has 1 aliphatic carbocycles. The number of rotatable bonds is 2. The number of aromatic nitrogens is 2. The Morgan fingerprint density at radius 1 is 1.27 bits per heavy atom. The Kier molecular flexibility index (Phi) is 2.87. The number of aromatic amines is 1. The van der Waals surface area contributed by atoms with Gasteiger partial charge in [0.1, 0.15) is 0 Å². The van der Waals surface area contributed by atoms with Crippen LogP contribution >= 0.6 is 0 Å². The fourth-order valence-corrected chi connectivity index (χ4v) is 3.27. The van der Waals surface area contributed by atoms with Gasteiger partial charge < -0.3 is 5.32 Å². The predicted molar refractivity (Wildman–Crippen MR) is 86.7 cm³/mol. The van der Waals surface area contributed by atoms with Crippen molar-refractivity contribution >= 4 is 16.6 Å². The summed E-state index contributed by atoms with van der Waals surface area (Å²) in [4.78, 5) is 0. The molecule has 2 N–H and O–H groups in total. The van der Waals surface area contributed by atoms with Gasteiger partial charge in [0.15, 0.2) is 0 Å². The molecule has 0 radical (unpaired) electrons. The minimum absolute atomic E-state index is 0.312. The van der Waals surface area contributed by atoms with Gasteiger partial charge in [-0.3, -0.25) is 5.10 Å². The van der Waals surface area contributed by atoms with Crippen molar-refractivity contribution in [2.24, 2.45) is 0 Å². The van der Waals surface area contributed by atoms with Crippen LogP contribution < -0.4 is 5.32 Å². The van der Waals surface area contributed by atoms with Crippen LogP contribution in [0.2, 0.25) is 0 Å². The Hall–Kier alpha value is -2.80. The van der Waals surface area contributed by atoms with Gasteiger partial charge in [-0.05, 0) is 61.2 Å². The minimum atomic E-state index is 0.312. The van der Waals surface area contributed by atoms with E-state index in [9.17, 15) is 0 Å². The number of hydrogen-bond acceptors (Lipinski definition) is 3. The average molecular weight is 288 g/mol. The highest BCUT2D eigenvalue weighted by molar-refractivity contribution is 5.84. The monoisotopic (exact) mass is 288 g/mol. The van der Waals surface area contributed by atoms with E-state index < -0.39 is 0 Å². The van der Waals surface area contributed by atoms with E-state index in [0.717, 1.165) is 40.7 Å². The van der Waals surface area contributed by atoms with Crippen molar-refractivity contribution in [1.29, 1.82) is 5.26 Å². The predicted octanol–water partition coefficient (Wildman–Crippen LogP) is 3.84. The van der Waals surface area contributed by atoms with Gasteiger partial charge in [0.25, 0.3) is 0 Å². The van der Waals surface area contributed by atoms with Gasteiger partial charge in [-0.1, -0.05) is 6.07 Å². The molecule has 1 heterocycles. The van der Waals surface area contributed by atoms with Gasteiger partial charge in [-0.2, -0.15) is 10.4 Å². The lowest BCUT2D eigenvalue weighted by Gasteiger charge is -2.15.